The molecule has 0 bridgehead atoms. The lowest BCUT2D eigenvalue weighted by atomic mass is 10.1. The van der Waals surface area contributed by atoms with Crippen LogP contribution in [0.5, 0.6) is 0 Å². The number of furan rings is 1. The number of aromatic nitrogens is 2. The highest BCUT2D eigenvalue weighted by atomic mass is 35.5. The van der Waals surface area contributed by atoms with Gasteiger partial charge in [0.2, 0.25) is 0 Å². The summed E-state index contributed by atoms with van der Waals surface area (Å²) < 4.78 is 6.96. The lowest BCUT2D eigenvalue weighted by molar-refractivity contribution is 0.0686. The highest BCUT2D eigenvalue weighted by molar-refractivity contribution is 6.33. The largest absolute Gasteiger partial charge is 0.478 e. The molecule has 0 fully saturated rings. The predicted molar refractivity (Wildman–Crippen MR) is 118 cm³/mol. The van der Waals surface area contributed by atoms with Crippen molar-refractivity contribution in [2.45, 2.75) is 0 Å². The molecule has 0 unspecified atom stereocenters. The predicted octanol–water partition coefficient (Wildman–Crippen LogP) is 2.71. The smallest absolute Gasteiger partial charge is 0.337 e. The number of rotatable bonds is 5. The van der Waals surface area contributed by atoms with Crippen LogP contribution in [-0.4, -0.2) is 31.9 Å². The Morgan fingerprint density at radius 3 is 2.56 bits per heavy atom. The first-order valence-corrected chi connectivity index (χ1v) is 9.61. The molecule has 0 atom stereocenters. The van der Waals surface area contributed by atoms with Crippen molar-refractivity contribution in [3.05, 3.63) is 97.4 Å². The van der Waals surface area contributed by atoms with E-state index in [1.807, 2.05) is 0 Å². The summed E-state index contributed by atoms with van der Waals surface area (Å²) in [6.07, 6.45) is 1.50. The highest BCUT2D eigenvalue weighted by Crippen LogP contribution is 2.27. The van der Waals surface area contributed by atoms with E-state index >= 15 is 0 Å². The van der Waals surface area contributed by atoms with Gasteiger partial charge in [-0.05, 0) is 54.6 Å². The highest BCUT2D eigenvalue weighted by Gasteiger charge is 2.13. The Balaban J connectivity index is 1.75. The van der Waals surface area contributed by atoms with Crippen molar-refractivity contribution in [1.82, 2.24) is 9.78 Å². The lowest BCUT2D eigenvalue weighted by Crippen LogP contribution is -2.33. The Morgan fingerprint density at radius 1 is 1.06 bits per heavy atom. The second-order valence-electron chi connectivity index (χ2n) is 6.85. The van der Waals surface area contributed by atoms with Gasteiger partial charge in [0.1, 0.15) is 11.5 Å². The van der Waals surface area contributed by atoms with E-state index in [9.17, 15) is 24.6 Å². The van der Waals surface area contributed by atoms with Crippen molar-refractivity contribution in [3.63, 3.8) is 0 Å². The third kappa shape index (κ3) is 3.86. The molecule has 0 saturated carbocycles. The van der Waals surface area contributed by atoms with Gasteiger partial charge in [0.15, 0.2) is 0 Å². The first-order chi connectivity index (χ1) is 15.2. The summed E-state index contributed by atoms with van der Waals surface area (Å²) in [7, 11) is 0. The molecule has 2 aromatic heterocycles. The van der Waals surface area contributed by atoms with Crippen molar-refractivity contribution in [2.75, 3.05) is 0 Å². The molecule has 32 heavy (non-hydrogen) atoms. The van der Waals surface area contributed by atoms with Crippen LogP contribution in [0.15, 0.2) is 63.8 Å². The molecule has 0 aliphatic heterocycles. The van der Waals surface area contributed by atoms with E-state index in [1.54, 1.807) is 24.3 Å². The molecule has 4 aromatic rings. The Labute approximate surface area is 184 Å². The van der Waals surface area contributed by atoms with Gasteiger partial charge < -0.3 is 14.6 Å². The number of H-pyrrole nitrogens is 1. The summed E-state index contributed by atoms with van der Waals surface area (Å²) >= 11 is 5.91. The molecular weight excluding hydrogens is 436 g/mol. The Kier molecular flexibility index (Phi) is 5.29. The fourth-order valence-corrected chi connectivity index (χ4v) is 3.37. The van der Waals surface area contributed by atoms with Gasteiger partial charge in [0.05, 0.1) is 32.4 Å². The zero-order valence-electron chi connectivity index (χ0n) is 16.3. The number of carboxylic acids is 2. The van der Waals surface area contributed by atoms with Crippen LogP contribution in [0.4, 0.5) is 0 Å². The zero-order chi connectivity index (χ0) is 23.0. The van der Waals surface area contributed by atoms with Gasteiger partial charge in [-0.25, -0.2) is 14.3 Å². The minimum Gasteiger partial charge on any atom is -0.478 e. The number of benzene rings is 2. The summed E-state index contributed by atoms with van der Waals surface area (Å²) in [6.45, 7) is 3.84. The topological polar surface area (TPSA) is 126 Å². The molecule has 160 valence electrons. The molecule has 3 N–H and O–H groups in total. The van der Waals surface area contributed by atoms with E-state index in [-0.39, 0.29) is 21.4 Å². The summed E-state index contributed by atoms with van der Waals surface area (Å²) in [6, 6.07) is 13.7. The summed E-state index contributed by atoms with van der Waals surface area (Å²) in [4.78, 5) is 35.4. The van der Waals surface area contributed by atoms with Crippen LogP contribution in [0, 0.1) is 0 Å². The molecule has 0 spiro atoms. The number of carboxylic acid groups (broad SMARTS) is 2. The Bertz CT molecular complexity index is 1540. The van der Waals surface area contributed by atoms with Crippen LogP contribution in [0.1, 0.15) is 26.5 Å². The van der Waals surface area contributed by atoms with Crippen LogP contribution in [0.25, 0.3) is 29.7 Å². The molecule has 8 nitrogen and oxygen atoms in total. The third-order valence-corrected chi connectivity index (χ3v) is 5.08. The zero-order valence-corrected chi connectivity index (χ0v) is 17.1. The van der Waals surface area contributed by atoms with Gasteiger partial charge in [-0.15, -0.1) is 0 Å². The first kappa shape index (κ1) is 21.0. The van der Waals surface area contributed by atoms with Crippen molar-refractivity contribution in [1.29, 1.82) is 0 Å². The molecule has 0 aliphatic carbocycles. The van der Waals surface area contributed by atoms with Gasteiger partial charge in [0, 0.05) is 5.56 Å². The van der Waals surface area contributed by atoms with Gasteiger partial charge in [-0.2, -0.15) is 0 Å². The molecule has 0 aliphatic rings. The van der Waals surface area contributed by atoms with E-state index < -0.39 is 17.5 Å². The monoisotopic (exact) mass is 450 g/mol. The van der Waals surface area contributed by atoms with E-state index in [0.717, 1.165) is 0 Å². The Hall–Kier alpha value is -4.30. The summed E-state index contributed by atoms with van der Waals surface area (Å²) in [5.74, 6) is -1.52. The average Bonchev–Trinajstić information content (AvgIpc) is 3.34. The summed E-state index contributed by atoms with van der Waals surface area (Å²) in [5, 5.41) is 21.9. The average molecular weight is 451 g/mol. The number of carbonyl (C=O) groups is 2. The molecule has 4 rings (SSSR count). The SMILES string of the molecule is C=c1[nH]n(-c2cccc(C(=O)O)c2)c(=O)/c1=C\c1ccc(-c2ccc(Cl)c(C(=O)O)c2)o1. The van der Waals surface area contributed by atoms with E-state index in [2.05, 4.69) is 11.7 Å². The lowest BCUT2D eigenvalue weighted by Gasteiger charge is -2.02. The van der Waals surface area contributed by atoms with Crippen molar-refractivity contribution < 1.29 is 24.2 Å². The molecule has 2 aromatic carbocycles. The van der Waals surface area contributed by atoms with Gasteiger partial charge in [0.25, 0.3) is 5.56 Å². The van der Waals surface area contributed by atoms with Crippen LogP contribution >= 0.6 is 11.6 Å². The first-order valence-electron chi connectivity index (χ1n) is 9.23. The van der Waals surface area contributed by atoms with Crippen LogP contribution < -0.4 is 16.1 Å². The minimum absolute atomic E-state index is 0.0412. The number of halogens is 1. The standard InChI is InChI=1S/C23H15ClN2O6/c1-12-17(21(27)26(25-12)15-4-2-3-14(9-15)22(28)29)11-16-6-8-20(32-16)13-5-7-19(24)18(10-13)23(30)31/h2-11,25H,1H2,(H,28,29)(H,30,31)/b17-11-. The molecule has 0 radical (unpaired) electrons. The van der Waals surface area contributed by atoms with Gasteiger partial charge in [-0.1, -0.05) is 24.2 Å². The molecule has 0 amide bonds. The van der Waals surface area contributed by atoms with Gasteiger partial charge in [-0.3, -0.25) is 9.89 Å². The molecule has 0 saturated heterocycles. The van der Waals surface area contributed by atoms with Crippen LogP contribution in [0.3, 0.4) is 0 Å². The number of aromatic amines is 1. The number of aromatic carboxylic acids is 2. The molecule has 2 heterocycles. The maximum absolute atomic E-state index is 12.9. The van der Waals surface area contributed by atoms with Crippen LogP contribution in [0.2, 0.25) is 5.02 Å². The maximum Gasteiger partial charge on any atom is 0.337 e. The van der Waals surface area contributed by atoms with Crippen molar-refractivity contribution >= 4 is 36.2 Å². The van der Waals surface area contributed by atoms with Gasteiger partial charge >= 0.3 is 11.9 Å². The normalized spacial score (nSPS) is 11.6. The fourth-order valence-electron chi connectivity index (χ4n) is 3.17. The van der Waals surface area contributed by atoms with Crippen molar-refractivity contribution in [3.8, 4) is 17.0 Å². The number of nitrogens with zero attached hydrogens (tertiary/aromatic N) is 1. The second-order valence-corrected chi connectivity index (χ2v) is 7.25. The quantitative estimate of drug-likeness (QED) is 0.429. The van der Waals surface area contributed by atoms with E-state index in [4.69, 9.17) is 16.0 Å². The molecule has 9 heteroatoms. The molecular formula is C23H15ClN2O6. The van der Waals surface area contributed by atoms with E-state index in [1.165, 1.54) is 41.1 Å². The number of hydrogen-bond acceptors (Lipinski definition) is 4. The number of hydrogen-bond donors (Lipinski definition) is 3. The minimum atomic E-state index is -1.16. The van der Waals surface area contributed by atoms with Crippen LogP contribution in [-0.2, 0) is 0 Å². The third-order valence-electron chi connectivity index (χ3n) is 4.75. The van der Waals surface area contributed by atoms with E-state index in [0.29, 0.717) is 28.1 Å². The maximum atomic E-state index is 12.9. The summed E-state index contributed by atoms with van der Waals surface area (Å²) in [5.41, 5.74) is 0.415. The Morgan fingerprint density at radius 2 is 1.84 bits per heavy atom. The number of nitrogens with one attached hydrogen (secondary N) is 1. The second kappa shape index (κ2) is 8.09. The fraction of sp³-hybridized carbons (Fsp3) is 0. The van der Waals surface area contributed by atoms with Crippen molar-refractivity contribution in [2.24, 2.45) is 0 Å².